The van der Waals surface area contributed by atoms with Crippen LogP contribution in [0.2, 0.25) is 0 Å². The summed E-state index contributed by atoms with van der Waals surface area (Å²) in [6.07, 6.45) is 1.77. The second-order valence-electron chi connectivity index (χ2n) is 6.58. The van der Waals surface area contributed by atoms with Gasteiger partial charge in [-0.25, -0.2) is 25.2 Å². The maximum absolute atomic E-state index is 9.58. The van der Waals surface area contributed by atoms with Crippen LogP contribution in [0.3, 0.4) is 0 Å². The summed E-state index contributed by atoms with van der Waals surface area (Å²) >= 11 is 1.48. The van der Waals surface area contributed by atoms with E-state index in [1.165, 1.54) is 11.3 Å². The Kier molecular flexibility index (Phi) is 4.53. The zero-order valence-electron chi connectivity index (χ0n) is 16.1. The van der Waals surface area contributed by atoms with E-state index in [4.69, 9.17) is 13.1 Å². The van der Waals surface area contributed by atoms with E-state index < -0.39 is 0 Å². The minimum atomic E-state index is -0.0806. The SMILES string of the molecule is [C-]#[N+]/C(C#N)=C1\C(=Cc2nc3c(cc(C)n3C)s2)/C(=C(/C#N)[N+]#[C-])c2ccccc21. The molecule has 1 aliphatic carbocycles. The summed E-state index contributed by atoms with van der Waals surface area (Å²) in [5.74, 6) is 0. The van der Waals surface area contributed by atoms with Gasteiger partial charge in [-0.15, -0.1) is 11.3 Å². The third-order valence-electron chi connectivity index (χ3n) is 5.02. The van der Waals surface area contributed by atoms with Gasteiger partial charge in [-0.05, 0) is 35.8 Å². The number of thiazole rings is 1. The fourth-order valence-electron chi connectivity index (χ4n) is 3.58. The van der Waals surface area contributed by atoms with Crippen molar-refractivity contribution >= 4 is 38.9 Å². The molecule has 2 aromatic heterocycles. The zero-order valence-corrected chi connectivity index (χ0v) is 16.9. The third-order valence-corrected chi connectivity index (χ3v) is 5.96. The van der Waals surface area contributed by atoms with Gasteiger partial charge >= 0.3 is 0 Å². The Balaban J connectivity index is 2.09. The molecule has 0 unspecified atom stereocenters. The topological polar surface area (TPSA) is 74.1 Å². The number of hydrogen-bond donors (Lipinski definition) is 0. The second kappa shape index (κ2) is 7.19. The molecule has 30 heavy (non-hydrogen) atoms. The van der Waals surface area contributed by atoms with Crippen LogP contribution in [0.15, 0.2) is 47.3 Å². The molecule has 140 valence electrons. The van der Waals surface area contributed by atoms with E-state index >= 15 is 0 Å². The van der Waals surface area contributed by atoms with Gasteiger partial charge in [0.15, 0.2) is 5.65 Å². The summed E-state index contributed by atoms with van der Waals surface area (Å²) in [5, 5.41) is 19.8. The van der Waals surface area contributed by atoms with Gasteiger partial charge < -0.3 is 4.57 Å². The number of benzene rings is 1. The van der Waals surface area contributed by atoms with Gasteiger partial charge in [-0.1, -0.05) is 24.3 Å². The van der Waals surface area contributed by atoms with Crippen LogP contribution in [0, 0.1) is 42.7 Å². The van der Waals surface area contributed by atoms with E-state index in [0.717, 1.165) is 16.0 Å². The Bertz CT molecular complexity index is 1390. The van der Waals surface area contributed by atoms with Crippen LogP contribution in [-0.2, 0) is 7.05 Å². The molecule has 2 heterocycles. The Hall–Kier alpha value is -4.43. The van der Waals surface area contributed by atoms with Crippen LogP contribution in [0.25, 0.3) is 37.3 Å². The molecular weight excluding hydrogens is 392 g/mol. The molecule has 4 rings (SSSR count). The standard InChI is InChI=1S/C23H12N6S/c1-13-9-19-23(29(13)4)28-20(30-19)10-16-21(17(11-24)26-2)14-7-5-6-8-15(14)22(16)18(12-25)27-3/h5-10H,1,4H3/b21-17-,22-18-. The van der Waals surface area contributed by atoms with Crippen LogP contribution in [0.4, 0.5) is 0 Å². The lowest BCUT2D eigenvalue weighted by molar-refractivity contribution is 0.903. The lowest BCUT2D eigenvalue weighted by Gasteiger charge is -2.05. The fourth-order valence-corrected chi connectivity index (χ4v) is 4.61. The van der Waals surface area contributed by atoms with E-state index in [1.54, 1.807) is 18.2 Å². The number of aryl methyl sites for hydroxylation is 2. The average Bonchev–Trinajstić information content (AvgIpc) is 3.37. The highest BCUT2D eigenvalue weighted by molar-refractivity contribution is 7.19. The molecule has 0 bridgehead atoms. The predicted molar refractivity (Wildman–Crippen MR) is 116 cm³/mol. The molecule has 1 aliphatic rings. The lowest BCUT2D eigenvalue weighted by Crippen LogP contribution is -1.91. The molecule has 6 nitrogen and oxygen atoms in total. The first-order valence-electron chi connectivity index (χ1n) is 8.82. The van der Waals surface area contributed by atoms with E-state index in [2.05, 4.69) is 14.7 Å². The maximum Gasteiger partial charge on any atom is 0.270 e. The van der Waals surface area contributed by atoms with Gasteiger partial charge in [0.1, 0.15) is 5.01 Å². The number of aromatic nitrogens is 2. The van der Waals surface area contributed by atoms with Crippen molar-refractivity contribution in [2.24, 2.45) is 7.05 Å². The van der Waals surface area contributed by atoms with Crippen LogP contribution >= 0.6 is 11.3 Å². The second-order valence-corrected chi connectivity index (χ2v) is 7.64. The summed E-state index contributed by atoms with van der Waals surface area (Å²) in [6.45, 7) is 17.0. The molecule has 0 saturated carbocycles. The summed E-state index contributed by atoms with van der Waals surface area (Å²) in [6, 6.07) is 13.2. The molecule has 7 heteroatoms. The minimum absolute atomic E-state index is 0.0806. The summed E-state index contributed by atoms with van der Waals surface area (Å²) in [5.41, 5.74) is 4.48. The Morgan fingerprint density at radius 1 is 1.10 bits per heavy atom. The molecular formula is C23H12N6S. The monoisotopic (exact) mass is 404 g/mol. The Morgan fingerprint density at radius 2 is 1.67 bits per heavy atom. The molecule has 3 aromatic rings. The van der Waals surface area contributed by atoms with Gasteiger partial charge in [0.25, 0.3) is 11.4 Å². The smallest absolute Gasteiger partial charge is 0.270 e. The van der Waals surface area contributed by atoms with E-state index in [1.807, 2.05) is 48.9 Å². The molecule has 0 spiro atoms. The number of hydrogen-bond acceptors (Lipinski definition) is 4. The van der Waals surface area contributed by atoms with Crippen molar-refractivity contribution in [3.05, 3.63) is 92.0 Å². The van der Waals surface area contributed by atoms with Gasteiger partial charge in [0.05, 0.1) is 30.0 Å². The molecule has 0 saturated heterocycles. The minimum Gasteiger partial charge on any atom is -0.332 e. The third kappa shape index (κ3) is 2.71. The van der Waals surface area contributed by atoms with E-state index in [0.29, 0.717) is 32.9 Å². The van der Waals surface area contributed by atoms with E-state index in [9.17, 15) is 10.5 Å². The first kappa shape index (κ1) is 18.9. The van der Waals surface area contributed by atoms with Crippen molar-refractivity contribution in [1.82, 2.24) is 9.55 Å². The first-order valence-corrected chi connectivity index (χ1v) is 9.64. The van der Waals surface area contributed by atoms with Crippen LogP contribution in [-0.4, -0.2) is 9.55 Å². The van der Waals surface area contributed by atoms with Gasteiger partial charge in [-0.3, -0.25) is 0 Å². The number of nitriles is 2. The van der Waals surface area contributed by atoms with Crippen molar-refractivity contribution in [1.29, 1.82) is 10.5 Å². The highest BCUT2D eigenvalue weighted by Crippen LogP contribution is 2.49. The number of rotatable bonds is 1. The summed E-state index contributed by atoms with van der Waals surface area (Å²) in [7, 11) is 1.94. The van der Waals surface area contributed by atoms with Crippen molar-refractivity contribution in [3.63, 3.8) is 0 Å². The summed E-state index contributed by atoms with van der Waals surface area (Å²) < 4.78 is 3.01. The molecule has 0 amide bonds. The van der Waals surface area contributed by atoms with Crippen LogP contribution < -0.4 is 0 Å². The molecule has 1 aromatic carbocycles. The molecule has 0 fully saturated rings. The van der Waals surface area contributed by atoms with E-state index in [-0.39, 0.29) is 11.4 Å². The fraction of sp³-hybridized carbons (Fsp3) is 0.0870. The number of fused-ring (bicyclic) bond motifs is 2. The van der Waals surface area contributed by atoms with Crippen LogP contribution in [0.5, 0.6) is 0 Å². The normalized spacial score (nSPS) is 15.6. The molecule has 0 aliphatic heterocycles. The largest absolute Gasteiger partial charge is 0.332 e. The van der Waals surface area contributed by atoms with Gasteiger partial charge in [0.2, 0.25) is 0 Å². The molecule has 0 atom stereocenters. The Labute approximate surface area is 177 Å². The average molecular weight is 404 g/mol. The maximum atomic E-state index is 9.58. The first-order chi connectivity index (χ1) is 14.5. The van der Waals surface area contributed by atoms with Crippen molar-refractivity contribution in [2.75, 3.05) is 0 Å². The van der Waals surface area contributed by atoms with Gasteiger partial charge in [0, 0.05) is 23.9 Å². The quantitative estimate of drug-likeness (QED) is 0.405. The Morgan fingerprint density at radius 3 is 2.13 bits per heavy atom. The van der Waals surface area contributed by atoms with Crippen molar-refractivity contribution in [3.8, 4) is 12.1 Å². The highest BCUT2D eigenvalue weighted by Gasteiger charge is 2.31. The van der Waals surface area contributed by atoms with Crippen molar-refractivity contribution in [2.45, 2.75) is 6.92 Å². The highest BCUT2D eigenvalue weighted by atomic mass is 32.1. The number of allylic oxidation sites excluding steroid dienone is 5. The van der Waals surface area contributed by atoms with Gasteiger partial charge in [-0.2, -0.15) is 0 Å². The molecule has 0 radical (unpaired) electrons. The lowest BCUT2D eigenvalue weighted by atomic mass is 10.0. The number of nitrogens with zero attached hydrogens (tertiary/aromatic N) is 6. The van der Waals surface area contributed by atoms with Crippen molar-refractivity contribution < 1.29 is 0 Å². The zero-order chi connectivity index (χ0) is 21.4. The summed E-state index contributed by atoms with van der Waals surface area (Å²) in [4.78, 5) is 11.5. The predicted octanol–water partition coefficient (Wildman–Crippen LogP) is 5.35. The van der Waals surface area contributed by atoms with Crippen LogP contribution in [0.1, 0.15) is 21.8 Å². The molecule has 0 N–H and O–H groups in total.